The van der Waals surface area contributed by atoms with Crippen molar-refractivity contribution in [3.8, 4) is 0 Å². The van der Waals surface area contributed by atoms with Gasteiger partial charge in [0.15, 0.2) is 11.6 Å². The number of carbonyl (C=O) groups excluding carboxylic acids is 1. The molecule has 4 heteroatoms. The highest BCUT2D eigenvalue weighted by molar-refractivity contribution is 5.93. The molecule has 1 aliphatic rings. The van der Waals surface area contributed by atoms with Gasteiger partial charge in [-0.2, -0.15) is 0 Å². The molecule has 1 N–H and O–H groups in total. The number of rotatable bonds is 0. The molecule has 1 aliphatic heterocycles. The summed E-state index contributed by atoms with van der Waals surface area (Å²) in [6.45, 7) is 0. The Morgan fingerprint density at radius 1 is 1.15 bits per heavy atom. The minimum absolute atomic E-state index is 0.154. The Bertz CT molecular complexity index is 376. The van der Waals surface area contributed by atoms with Crippen molar-refractivity contribution < 1.29 is 13.6 Å². The second kappa shape index (κ2) is 2.80. The smallest absolute Gasteiger partial charge is 0.224 e. The first-order valence-corrected chi connectivity index (χ1v) is 3.94. The van der Waals surface area contributed by atoms with Crippen molar-refractivity contribution in [2.45, 2.75) is 12.8 Å². The van der Waals surface area contributed by atoms with E-state index >= 15 is 0 Å². The Balaban J connectivity index is 2.49. The molecule has 0 bridgehead atoms. The largest absolute Gasteiger partial charge is 0.326 e. The van der Waals surface area contributed by atoms with Crippen LogP contribution in [0, 0.1) is 11.6 Å². The van der Waals surface area contributed by atoms with Crippen LogP contribution in [0.2, 0.25) is 0 Å². The highest BCUT2D eigenvalue weighted by Crippen LogP contribution is 2.24. The van der Waals surface area contributed by atoms with Gasteiger partial charge in [-0.1, -0.05) is 0 Å². The molecule has 2 nitrogen and oxygen atoms in total. The van der Waals surface area contributed by atoms with E-state index in [9.17, 15) is 13.6 Å². The number of aryl methyl sites for hydroxylation is 1. The maximum atomic E-state index is 12.7. The van der Waals surface area contributed by atoms with Crippen molar-refractivity contribution in [2.24, 2.45) is 0 Å². The van der Waals surface area contributed by atoms with Crippen LogP contribution < -0.4 is 5.32 Å². The molecule has 0 aromatic heterocycles. The number of halogens is 2. The van der Waals surface area contributed by atoms with E-state index in [4.69, 9.17) is 0 Å². The molecule has 2 rings (SSSR count). The van der Waals surface area contributed by atoms with Gasteiger partial charge in [-0.25, -0.2) is 8.78 Å². The number of amides is 1. The maximum absolute atomic E-state index is 12.7. The molecule has 0 atom stereocenters. The molecule has 1 aromatic rings. The Kier molecular flexibility index (Phi) is 1.76. The first kappa shape index (κ1) is 8.16. The van der Waals surface area contributed by atoms with Gasteiger partial charge in [0.2, 0.25) is 5.91 Å². The fraction of sp³-hybridized carbons (Fsp3) is 0.222. The fourth-order valence-electron chi connectivity index (χ4n) is 1.37. The zero-order chi connectivity index (χ0) is 9.42. The predicted molar refractivity (Wildman–Crippen MR) is 43.3 cm³/mol. The molecule has 1 heterocycles. The average Bonchev–Trinajstić information content (AvgIpc) is 2.08. The highest BCUT2D eigenvalue weighted by atomic mass is 19.2. The van der Waals surface area contributed by atoms with Gasteiger partial charge < -0.3 is 5.32 Å². The minimum Gasteiger partial charge on any atom is -0.326 e. The summed E-state index contributed by atoms with van der Waals surface area (Å²) in [4.78, 5) is 10.9. The molecular formula is C9H7F2NO. The lowest BCUT2D eigenvalue weighted by molar-refractivity contribution is -0.116. The Labute approximate surface area is 73.6 Å². The Morgan fingerprint density at radius 2 is 1.85 bits per heavy atom. The lowest BCUT2D eigenvalue weighted by atomic mass is 10.0. The van der Waals surface area contributed by atoms with Gasteiger partial charge in [-0.3, -0.25) is 4.79 Å². The van der Waals surface area contributed by atoms with Crippen LogP contribution in [-0.4, -0.2) is 5.91 Å². The first-order chi connectivity index (χ1) is 6.16. The van der Waals surface area contributed by atoms with E-state index in [1.165, 1.54) is 0 Å². The van der Waals surface area contributed by atoms with E-state index < -0.39 is 11.6 Å². The maximum Gasteiger partial charge on any atom is 0.224 e. The van der Waals surface area contributed by atoms with Gasteiger partial charge >= 0.3 is 0 Å². The molecule has 0 saturated carbocycles. The summed E-state index contributed by atoms with van der Waals surface area (Å²) in [7, 11) is 0. The number of carbonyl (C=O) groups is 1. The monoisotopic (exact) mass is 183 g/mol. The van der Waals surface area contributed by atoms with Crippen LogP contribution in [0.5, 0.6) is 0 Å². The molecule has 0 fully saturated rings. The topological polar surface area (TPSA) is 29.1 Å². The number of benzene rings is 1. The second-order valence-electron chi connectivity index (χ2n) is 2.97. The molecule has 1 aromatic carbocycles. The molecule has 0 saturated heterocycles. The van der Waals surface area contributed by atoms with E-state index in [0.29, 0.717) is 24.1 Å². The SMILES string of the molecule is O=C1CCc2cc(F)c(F)cc2N1. The van der Waals surface area contributed by atoms with Gasteiger partial charge in [-0.05, 0) is 18.1 Å². The average molecular weight is 183 g/mol. The van der Waals surface area contributed by atoms with E-state index in [2.05, 4.69) is 5.32 Å². The van der Waals surface area contributed by atoms with Crippen LogP contribution in [0.15, 0.2) is 12.1 Å². The predicted octanol–water partition coefficient (Wildman–Crippen LogP) is 1.85. The van der Waals surface area contributed by atoms with Crippen molar-refractivity contribution in [3.63, 3.8) is 0 Å². The number of hydrogen-bond acceptors (Lipinski definition) is 1. The Morgan fingerprint density at radius 3 is 2.62 bits per heavy atom. The Hall–Kier alpha value is -1.45. The summed E-state index contributed by atoms with van der Waals surface area (Å²) in [6, 6.07) is 2.14. The third-order valence-electron chi connectivity index (χ3n) is 2.04. The van der Waals surface area contributed by atoms with E-state index in [1.807, 2.05) is 0 Å². The van der Waals surface area contributed by atoms with Crippen molar-refractivity contribution in [1.82, 2.24) is 0 Å². The normalized spacial score (nSPS) is 15.1. The standard InChI is InChI=1S/C9H7F2NO/c10-6-3-5-1-2-9(13)12-8(5)4-7(6)11/h3-4H,1-2H2,(H,12,13). The quantitative estimate of drug-likeness (QED) is 0.653. The number of anilines is 1. The summed E-state index contributed by atoms with van der Waals surface area (Å²) in [5, 5.41) is 2.48. The van der Waals surface area contributed by atoms with Crippen LogP contribution in [0.3, 0.4) is 0 Å². The van der Waals surface area contributed by atoms with E-state index in [-0.39, 0.29) is 5.91 Å². The lowest BCUT2D eigenvalue weighted by Crippen LogP contribution is -2.19. The zero-order valence-electron chi connectivity index (χ0n) is 6.73. The first-order valence-electron chi connectivity index (χ1n) is 3.94. The van der Waals surface area contributed by atoms with Crippen LogP contribution in [0.4, 0.5) is 14.5 Å². The third kappa shape index (κ3) is 1.39. The summed E-state index contributed by atoms with van der Waals surface area (Å²) < 4.78 is 25.4. The molecule has 68 valence electrons. The van der Waals surface area contributed by atoms with Crippen LogP contribution in [0.25, 0.3) is 0 Å². The van der Waals surface area contributed by atoms with Gasteiger partial charge in [0, 0.05) is 18.2 Å². The summed E-state index contributed by atoms with van der Waals surface area (Å²) in [5.41, 5.74) is 1.04. The van der Waals surface area contributed by atoms with Crippen LogP contribution in [-0.2, 0) is 11.2 Å². The summed E-state index contributed by atoms with van der Waals surface area (Å²) in [6.07, 6.45) is 0.802. The van der Waals surface area contributed by atoms with E-state index in [1.54, 1.807) is 0 Å². The fourth-order valence-corrected chi connectivity index (χ4v) is 1.37. The highest BCUT2D eigenvalue weighted by Gasteiger charge is 2.17. The van der Waals surface area contributed by atoms with Crippen molar-refractivity contribution >= 4 is 11.6 Å². The zero-order valence-corrected chi connectivity index (χ0v) is 6.73. The molecule has 0 unspecified atom stereocenters. The summed E-state index contributed by atoms with van der Waals surface area (Å²) >= 11 is 0. The van der Waals surface area contributed by atoms with Crippen molar-refractivity contribution in [2.75, 3.05) is 5.32 Å². The molecule has 0 spiro atoms. The molecule has 1 amide bonds. The molecule has 13 heavy (non-hydrogen) atoms. The lowest BCUT2D eigenvalue weighted by Gasteiger charge is -2.16. The molecular weight excluding hydrogens is 176 g/mol. The summed E-state index contributed by atoms with van der Waals surface area (Å²) in [5.74, 6) is -1.95. The number of nitrogens with one attached hydrogen (secondary N) is 1. The van der Waals surface area contributed by atoms with Gasteiger partial charge in [-0.15, -0.1) is 0 Å². The number of hydrogen-bond donors (Lipinski definition) is 1. The second-order valence-corrected chi connectivity index (χ2v) is 2.97. The van der Waals surface area contributed by atoms with Crippen molar-refractivity contribution in [3.05, 3.63) is 29.3 Å². The minimum atomic E-state index is -0.930. The van der Waals surface area contributed by atoms with Gasteiger partial charge in [0.1, 0.15) is 0 Å². The van der Waals surface area contributed by atoms with E-state index in [0.717, 1.165) is 12.1 Å². The number of fused-ring (bicyclic) bond motifs is 1. The van der Waals surface area contributed by atoms with Gasteiger partial charge in [0.25, 0.3) is 0 Å². The van der Waals surface area contributed by atoms with Crippen molar-refractivity contribution in [1.29, 1.82) is 0 Å². The molecule has 0 aliphatic carbocycles. The molecule has 0 radical (unpaired) electrons. The third-order valence-corrected chi connectivity index (χ3v) is 2.04. The van der Waals surface area contributed by atoms with Crippen LogP contribution >= 0.6 is 0 Å². The van der Waals surface area contributed by atoms with Crippen LogP contribution in [0.1, 0.15) is 12.0 Å². The van der Waals surface area contributed by atoms with Gasteiger partial charge in [0.05, 0.1) is 0 Å².